The molecule has 27 heavy (non-hydrogen) atoms. The first-order chi connectivity index (χ1) is 13.2. The number of ether oxygens (including phenoxy) is 1. The summed E-state index contributed by atoms with van der Waals surface area (Å²) in [4.78, 5) is 21.3. The van der Waals surface area contributed by atoms with Crippen LogP contribution in [0.25, 0.3) is 11.2 Å². The Balaban J connectivity index is 1.44. The van der Waals surface area contributed by atoms with Gasteiger partial charge in [0.05, 0.1) is 19.8 Å². The Morgan fingerprint density at radius 1 is 1.07 bits per heavy atom. The van der Waals surface area contributed by atoms with Gasteiger partial charge in [0, 0.05) is 45.8 Å². The summed E-state index contributed by atoms with van der Waals surface area (Å²) in [5.41, 5.74) is 1.66. The summed E-state index contributed by atoms with van der Waals surface area (Å²) in [5, 5.41) is 0.276. The second kappa shape index (κ2) is 7.16. The van der Waals surface area contributed by atoms with Gasteiger partial charge in [-0.15, -0.1) is 0 Å². The van der Waals surface area contributed by atoms with Crippen LogP contribution in [0.5, 0.6) is 0 Å². The third-order valence-corrected chi connectivity index (χ3v) is 6.28. The van der Waals surface area contributed by atoms with Gasteiger partial charge in [0.15, 0.2) is 17.0 Å². The third-order valence-electron chi connectivity index (χ3n) is 6.11. The van der Waals surface area contributed by atoms with Crippen LogP contribution in [0, 0.1) is 0 Å². The Kier molecular flexibility index (Phi) is 4.67. The van der Waals surface area contributed by atoms with Crippen molar-refractivity contribution in [1.82, 2.24) is 29.3 Å². The SMILES string of the molecule is Cn1c(CN2CCN3CCCC3C2)nc2c(N3CCOCC3)nc(Cl)nc21. The maximum Gasteiger partial charge on any atom is 0.226 e. The molecular formula is C18H26ClN7O. The second-order valence-corrected chi connectivity index (χ2v) is 8.08. The van der Waals surface area contributed by atoms with E-state index in [4.69, 9.17) is 21.3 Å². The molecule has 2 aromatic heterocycles. The smallest absolute Gasteiger partial charge is 0.226 e. The van der Waals surface area contributed by atoms with Crippen molar-refractivity contribution >= 4 is 28.6 Å². The van der Waals surface area contributed by atoms with Crippen LogP contribution in [0.3, 0.4) is 0 Å². The predicted octanol–water partition coefficient (Wildman–Crippen LogP) is 1.13. The zero-order chi connectivity index (χ0) is 18.4. The van der Waals surface area contributed by atoms with Crippen molar-refractivity contribution in [2.24, 2.45) is 7.05 Å². The van der Waals surface area contributed by atoms with Gasteiger partial charge in [-0.1, -0.05) is 0 Å². The van der Waals surface area contributed by atoms with Crippen LogP contribution in [-0.4, -0.2) is 87.8 Å². The van der Waals surface area contributed by atoms with Crippen LogP contribution in [0.2, 0.25) is 5.28 Å². The lowest BCUT2D eigenvalue weighted by Crippen LogP contribution is -2.49. The normalized spacial score (nSPS) is 24.7. The maximum absolute atomic E-state index is 6.24. The van der Waals surface area contributed by atoms with Crippen molar-refractivity contribution in [1.29, 1.82) is 0 Å². The Labute approximate surface area is 164 Å². The molecule has 0 amide bonds. The van der Waals surface area contributed by atoms with Gasteiger partial charge < -0.3 is 14.2 Å². The van der Waals surface area contributed by atoms with Crippen LogP contribution in [0.15, 0.2) is 0 Å². The molecule has 1 unspecified atom stereocenters. The molecule has 3 fully saturated rings. The zero-order valence-corrected chi connectivity index (χ0v) is 16.5. The number of halogens is 1. The summed E-state index contributed by atoms with van der Waals surface area (Å²) in [7, 11) is 2.03. The number of imidazole rings is 1. The monoisotopic (exact) mass is 391 g/mol. The highest BCUT2D eigenvalue weighted by molar-refractivity contribution is 6.28. The molecule has 0 saturated carbocycles. The minimum absolute atomic E-state index is 0.276. The Morgan fingerprint density at radius 2 is 1.93 bits per heavy atom. The molecule has 5 rings (SSSR count). The number of piperazine rings is 1. The largest absolute Gasteiger partial charge is 0.378 e. The maximum atomic E-state index is 6.24. The fourth-order valence-electron chi connectivity index (χ4n) is 4.60. The molecule has 0 radical (unpaired) electrons. The first kappa shape index (κ1) is 17.6. The lowest BCUT2D eigenvalue weighted by atomic mass is 10.1. The van der Waals surface area contributed by atoms with Crippen molar-refractivity contribution < 1.29 is 4.74 Å². The van der Waals surface area contributed by atoms with Gasteiger partial charge in [0.1, 0.15) is 5.82 Å². The van der Waals surface area contributed by atoms with Gasteiger partial charge in [0.2, 0.25) is 5.28 Å². The lowest BCUT2D eigenvalue weighted by molar-refractivity contribution is 0.0969. The van der Waals surface area contributed by atoms with E-state index in [0.717, 1.165) is 55.5 Å². The summed E-state index contributed by atoms with van der Waals surface area (Å²) in [6.45, 7) is 8.52. The van der Waals surface area contributed by atoms with Crippen LogP contribution < -0.4 is 4.90 Å². The van der Waals surface area contributed by atoms with E-state index in [2.05, 4.69) is 29.2 Å². The first-order valence-corrected chi connectivity index (χ1v) is 10.2. The highest BCUT2D eigenvalue weighted by Crippen LogP contribution is 2.27. The van der Waals surface area contributed by atoms with Gasteiger partial charge in [-0.25, -0.2) is 4.98 Å². The minimum Gasteiger partial charge on any atom is -0.378 e. The first-order valence-electron chi connectivity index (χ1n) is 9.87. The highest BCUT2D eigenvalue weighted by Gasteiger charge is 2.31. The Hall–Kier alpha value is -1.48. The minimum atomic E-state index is 0.276. The van der Waals surface area contributed by atoms with Crippen LogP contribution in [0.4, 0.5) is 5.82 Å². The van der Waals surface area contributed by atoms with E-state index in [0.29, 0.717) is 19.3 Å². The standard InChI is InChI=1S/C18H26ClN7O/c1-23-14(12-24-5-6-25-4-2-3-13(25)11-24)20-15-16(23)21-18(19)22-17(15)26-7-9-27-10-8-26/h13H,2-12H2,1H3. The number of hydrogen-bond donors (Lipinski definition) is 0. The van der Waals surface area contributed by atoms with E-state index < -0.39 is 0 Å². The van der Waals surface area contributed by atoms with E-state index in [1.54, 1.807) is 0 Å². The number of fused-ring (bicyclic) bond motifs is 2. The van der Waals surface area contributed by atoms with E-state index in [1.807, 2.05) is 7.05 Å². The number of anilines is 1. The summed E-state index contributed by atoms with van der Waals surface area (Å²) in [5.74, 6) is 1.86. The second-order valence-electron chi connectivity index (χ2n) is 7.74. The molecule has 9 heteroatoms. The molecule has 146 valence electrons. The van der Waals surface area contributed by atoms with Crippen LogP contribution in [-0.2, 0) is 18.3 Å². The molecule has 3 saturated heterocycles. The summed E-state index contributed by atoms with van der Waals surface area (Å²) < 4.78 is 7.55. The topological polar surface area (TPSA) is 62.5 Å². The number of rotatable bonds is 3. The average Bonchev–Trinajstić information content (AvgIpc) is 3.27. The van der Waals surface area contributed by atoms with Gasteiger partial charge in [0.25, 0.3) is 0 Å². The summed E-state index contributed by atoms with van der Waals surface area (Å²) in [6.07, 6.45) is 2.66. The summed E-state index contributed by atoms with van der Waals surface area (Å²) in [6, 6.07) is 0.714. The average molecular weight is 392 g/mol. The number of nitrogens with zero attached hydrogens (tertiary/aromatic N) is 7. The molecule has 8 nitrogen and oxygen atoms in total. The number of aromatic nitrogens is 4. The van der Waals surface area contributed by atoms with E-state index in [9.17, 15) is 0 Å². The Bertz CT molecular complexity index is 835. The van der Waals surface area contributed by atoms with Gasteiger partial charge in [-0.05, 0) is 31.0 Å². The zero-order valence-electron chi connectivity index (χ0n) is 15.8. The fourth-order valence-corrected chi connectivity index (χ4v) is 4.76. The number of aryl methyl sites for hydroxylation is 1. The summed E-state index contributed by atoms with van der Waals surface area (Å²) >= 11 is 6.24. The molecule has 5 heterocycles. The fraction of sp³-hybridized carbons (Fsp3) is 0.722. The van der Waals surface area contributed by atoms with Gasteiger partial charge in [-0.3, -0.25) is 9.80 Å². The predicted molar refractivity (Wildman–Crippen MR) is 104 cm³/mol. The number of hydrogen-bond acceptors (Lipinski definition) is 7. The molecule has 0 bridgehead atoms. The third kappa shape index (κ3) is 3.29. The van der Waals surface area contributed by atoms with Crippen molar-refractivity contribution in [2.75, 3.05) is 57.4 Å². The molecular weight excluding hydrogens is 366 g/mol. The molecule has 0 N–H and O–H groups in total. The van der Waals surface area contributed by atoms with E-state index in [1.165, 1.54) is 25.9 Å². The Morgan fingerprint density at radius 3 is 2.78 bits per heavy atom. The van der Waals surface area contributed by atoms with E-state index >= 15 is 0 Å². The molecule has 0 aromatic carbocycles. The van der Waals surface area contributed by atoms with Crippen molar-refractivity contribution in [2.45, 2.75) is 25.4 Å². The highest BCUT2D eigenvalue weighted by atomic mass is 35.5. The molecule has 1 atom stereocenters. The molecule has 3 aliphatic heterocycles. The lowest BCUT2D eigenvalue weighted by Gasteiger charge is -2.37. The number of morpholine rings is 1. The van der Waals surface area contributed by atoms with Gasteiger partial charge >= 0.3 is 0 Å². The van der Waals surface area contributed by atoms with Crippen LogP contribution >= 0.6 is 11.6 Å². The quantitative estimate of drug-likeness (QED) is 0.727. The molecule has 2 aromatic rings. The molecule has 0 aliphatic carbocycles. The molecule has 3 aliphatic rings. The van der Waals surface area contributed by atoms with Gasteiger partial charge in [-0.2, -0.15) is 9.97 Å². The van der Waals surface area contributed by atoms with Crippen LogP contribution in [0.1, 0.15) is 18.7 Å². The van der Waals surface area contributed by atoms with Crippen molar-refractivity contribution in [3.63, 3.8) is 0 Å². The molecule has 0 spiro atoms. The van der Waals surface area contributed by atoms with Crippen molar-refractivity contribution in [3.8, 4) is 0 Å². The van der Waals surface area contributed by atoms with E-state index in [-0.39, 0.29) is 5.28 Å². The van der Waals surface area contributed by atoms with Crippen molar-refractivity contribution in [3.05, 3.63) is 11.1 Å².